The summed E-state index contributed by atoms with van der Waals surface area (Å²) in [5.74, 6) is 3.63. The molecule has 1 aromatic rings. The SMILES string of the molecule is CCOCc1nc(NC)cc(NC2CCCC2SCC)n1. The molecule has 0 aromatic carbocycles. The first-order chi connectivity index (χ1) is 10.3. The van der Waals surface area contributed by atoms with E-state index in [-0.39, 0.29) is 0 Å². The summed E-state index contributed by atoms with van der Waals surface area (Å²) in [4.78, 5) is 9.01. The average molecular weight is 310 g/mol. The van der Waals surface area contributed by atoms with Crippen LogP contribution in [0.3, 0.4) is 0 Å². The van der Waals surface area contributed by atoms with E-state index < -0.39 is 0 Å². The van der Waals surface area contributed by atoms with Crippen LogP contribution >= 0.6 is 11.8 Å². The molecule has 0 aliphatic heterocycles. The van der Waals surface area contributed by atoms with Crippen LogP contribution in [0.2, 0.25) is 0 Å². The molecular formula is C15H26N4OS. The third kappa shape index (κ3) is 4.74. The van der Waals surface area contributed by atoms with Crippen molar-refractivity contribution in [3.63, 3.8) is 0 Å². The van der Waals surface area contributed by atoms with E-state index in [2.05, 4.69) is 27.5 Å². The second-order valence-electron chi connectivity index (χ2n) is 5.12. The predicted molar refractivity (Wildman–Crippen MR) is 90.1 cm³/mol. The molecule has 1 heterocycles. The van der Waals surface area contributed by atoms with Crippen molar-refractivity contribution in [2.45, 2.75) is 51.0 Å². The highest BCUT2D eigenvalue weighted by Crippen LogP contribution is 2.32. The summed E-state index contributed by atoms with van der Waals surface area (Å²) >= 11 is 2.05. The van der Waals surface area contributed by atoms with Crippen molar-refractivity contribution in [2.75, 3.05) is 30.0 Å². The third-order valence-corrected chi connectivity index (χ3v) is 4.96. The summed E-state index contributed by atoms with van der Waals surface area (Å²) in [5, 5.41) is 7.39. The molecular weight excluding hydrogens is 284 g/mol. The zero-order chi connectivity index (χ0) is 15.1. The van der Waals surface area contributed by atoms with Gasteiger partial charge in [-0.3, -0.25) is 0 Å². The molecule has 0 radical (unpaired) electrons. The highest BCUT2D eigenvalue weighted by Gasteiger charge is 2.27. The summed E-state index contributed by atoms with van der Waals surface area (Å²) in [6, 6.07) is 2.48. The van der Waals surface area contributed by atoms with Gasteiger partial charge in [-0.15, -0.1) is 0 Å². The quantitative estimate of drug-likeness (QED) is 0.769. The minimum atomic E-state index is 0.457. The molecule has 5 nitrogen and oxygen atoms in total. The van der Waals surface area contributed by atoms with E-state index in [1.54, 1.807) is 0 Å². The molecule has 0 amide bonds. The molecule has 1 fully saturated rings. The van der Waals surface area contributed by atoms with Crippen LogP contribution < -0.4 is 10.6 Å². The number of rotatable bonds is 8. The fraction of sp³-hybridized carbons (Fsp3) is 0.733. The van der Waals surface area contributed by atoms with Crippen LogP contribution in [0, 0.1) is 0 Å². The fourth-order valence-electron chi connectivity index (χ4n) is 2.65. The van der Waals surface area contributed by atoms with Gasteiger partial charge in [-0.25, -0.2) is 9.97 Å². The summed E-state index contributed by atoms with van der Waals surface area (Å²) < 4.78 is 5.42. The van der Waals surface area contributed by atoms with Gasteiger partial charge in [-0.1, -0.05) is 13.3 Å². The van der Waals surface area contributed by atoms with E-state index in [1.165, 1.54) is 25.0 Å². The molecule has 1 aromatic heterocycles. The number of thioether (sulfide) groups is 1. The van der Waals surface area contributed by atoms with Crippen molar-refractivity contribution >= 4 is 23.4 Å². The minimum Gasteiger partial charge on any atom is -0.374 e. The van der Waals surface area contributed by atoms with E-state index in [0.717, 1.165) is 17.5 Å². The molecule has 2 rings (SSSR count). The summed E-state index contributed by atoms with van der Waals surface area (Å²) in [6.07, 6.45) is 3.81. The number of anilines is 2. The molecule has 2 unspecified atom stereocenters. The maximum atomic E-state index is 5.42. The molecule has 0 saturated heterocycles. The number of hydrogen-bond acceptors (Lipinski definition) is 6. The van der Waals surface area contributed by atoms with Gasteiger partial charge in [0.25, 0.3) is 0 Å². The van der Waals surface area contributed by atoms with Crippen molar-refractivity contribution in [3.05, 3.63) is 11.9 Å². The lowest BCUT2D eigenvalue weighted by Gasteiger charge is -2.21. The van der Waals surface area contributed by atoms with Crippen molar-refractivity contribution in [3.8, 4) is 0 Å². The minimum absolute atomic E-state index is 0.457. The zero-order valence-corrected chi connectivity index (χ0v) is 14.0. The molecule has 1 aliphatic rings. The Morgan fingerprint density at radius 3 is 2.81 bits per heavy atom. The third-order valence-electron chi connectivity index (χ3n) is 3.63. The van der Waals surface area contributed by atoms with Gasteiger partial charge in [0.05, 0.1) is 0 Å². The first-order valence-corrected chi connectivity index (χ1v) is 8.83. The molecule has 21 heavy (non-hydrogen) atoms. The fourth-order valence-corrected chi connectivity index (χ4v) is 3.85. The highest BCUT2D eigenvalue weighted by molar-refractivity contribution is 7.99. The van der Waals surface area contributed by atoms with Gasteiger partial charge in [0, 0.05) is 31.0 Å². The highest BCUT2D eigenvalue weighted by atomic mass is 32.2. The molecule has 0 spiro atoms. The maximum Gasteiger partial charge on any atom is 0.158 e. The van der Waals surface area contributed by atoms with E-state index in [0.29, 0.717) is 24.5 Å². The van der Waals surface area contributed by atoms with Gasteiger partial charge in [0.15, 0.2) is 5.82 Å². The zero-order valence-electron chi connectivity index (χ0n) is 13.2. The Kier molecular flexibility index (Phi) is 6.57. The van der Waals surface area contributed by atoms with Crippen LogP contribution in [0.1, 0.15) is 38.9 Å². The van der Waals surface area contributed by atoms with Crippen LogP contribution in [0.15, 0.2) is 6.07 Å². The van der Waals surface area contributed by atoms with Gasteiger partial charge in [0.1, 0.15) is 18.2 Å². The number of aromatic nitrogens is 2. The van der Waals surface area contributed by atoms with Crippen LogP contribution in [0.4, 0.5) is 11.6 Å². The van der Waals surface area contributed by atoms with Crippen LogP contribution in [0.25, 0.3) is 0 Å². The number of nitrogens with one attached hydrogen (secondary N) is 2. The Bertz CT molecular complexity index is 444. The standard InChI is InChI=1S/C15H26N4OS/c1-4-20-10-15-18-13(16-3)9-14(19-15)17-11-7-6-8-12(11)21-5-2/h9,11-12H,4-8,10H2,1-3H3,(H2,16,17,18,19). The second-order valence-corrected chi connectivity index (χ2v) is 6.63. The lowest BCUT2D eigenvalue weighted by atomic mass is 10.2. The molecule has 2 N–H and O–H groups in total. The van der Waals surface area contributed by atoms with Crippen molar-refractivity contribution in [1.29, 1.82) is 0 Å². The van der Waals surface area contributed by atoms with E-state index in [4.69, 9.17) is 4.74 Å². The molecule has 118 valence electrons. The second kappa shape index (κ2) is 8.44. The largest absolute Gasteiger partial charge is 0.374 e. The average Bonchev–Trinajstić information content (AvgIpc) is 2.92. The number of nitrogens with zero attached hydrogens (tertiary/aromatic N) is 2. The smallest absolute Gasteiger partial charge is 0.158 e. The van der Waals surface area contributed by atoms with E-state index >= 15 is 0 Å². The van der Waals surface area contributed by atoms with Crippen LogP contribution in [0.5, 0.6) is 0 Å². The monoisotopic (exact) mass is 310 g/mol. The molecule has 2 atom stereocenters. The Morgan fingerprint density at radius 1 is 1.29 bits per heavy atom. The van der Waals surface area contributed by atoms with Crippen LogP contribution in [-0.2, 0) is 11.3 Å². The van der Waals surface area contributed by atoms with Crippen LogP contribution in [-0.4, -0.2) is 40.7 Å². The lowest BCUT2D eigenvalue weighted by molar-refractivity contribution is 0.128. The molecule has 1 aliphatic carbocycles. The molecule has 1 saturated carbocycles. The first-order valence-electron chi connectivity index (χ1n) is 7.78. The molecule has 6 heteroatoms. The van der Waals surface area contributed by atoms with Crippen molar-refractivity contribution in [2.24, 2.45) is 0 Å². The number of hydrogen-bond donors (Lipinski definition) is 2. The summed E-state index contributed by atoms with van der Waals surface area (Å²) in [7, 11) is 1.88. The Hall–Kier alpha value is -1.01. The Labute approximate surface area is 131 Å². The lowest BCUT2D eigenvalue weighted by Crippen LogP contribution is -2.27. The van der Waals surface area contributed by atoms with Gasteiger partial charge in [-0.05, 0) is 25.5 Å². The van der Waals surface area contributed by atoms with E-state index in [1.807, 2.05) is 31.8 Å². The Balaban J connectivity index is 2.07. The summed E-state index contributed by atoms with van der Waals surface area (Å²) in [5.41, 5.74) is 0. The van der Waals surface area contributed by atoms with Gasteiger partial charge in [-0.2, -0.15) is 11.8 Å². The molecule has 0 bridgehead atoms. The normalized spacial score (nSPS) is 21.5. The number of ether oxygens (including phenoxy) is 1. The predicted octanol–water partition coefficient (Wildman–Crippen LogP) is 3.14. The first kappa shape index (κ1) is 16.4. The Morgan fingerprint density at radius 2 is 2.10 bits per heavy atom. The van der Waals surface area contributed by atoms with Crippen molar-refractivity contribution < 1.29 is 4.74 Å². The van der Waals surface area contributed by atoms with E-state index in [9.17, 15) is 0 Å². The topological polar surface area (TPSA) is 59.1 Å². The van der Waals surface area contributed by atoms with Gasteiger partial charge < -0.3 is 15.4 Å². The van der Waals surface area contributed by atoms with Gasteiger partial charge >= 0.3 is 0 Å². The summed E-state index contributed by atoms with van der Waals surface area (Å²) in [6.45, 7) is 5.34. The van der Waals surface area contributed by atoms with Gasteiger partial charge in [0.2, 0.25) is 0 Å². The maximum absolute atomic E-state index is 5.42. The van der Waals surface area contributed by atoms with Crippen molar-refractivity contribution in [1.82, 2.24) is 9.97 Å².